The van der Waals surface area contributed by atoms with Crippen LogP contribution in [0.4, 0.5) is 5.13 Å². The lowest BCUT2D eigenvalue weighted by atomic mass is 10.2. The van der Waals surface area contributed by atoms with Gasteiger partial charge in [-0.25, -0.2) is 4.98 Å². The molecule has 0 atom stereocenters. The Hall–Kier alpha value is -1.84. The summed E-state index contributed by atoms with van der Waals surface area (Å²) in [4.78, 5) is 16.0. The van der Waals surface area contributed by atoms with Crippen LogP contribution in [0.5, 0.6) is 0 Å². The molecule has 3 rings (SSSR count). The summed E-state index contributed by atoms with van der Waals surface area (Å²) >= 11 is 4.58. The minimum absolute atomic E-state index is 0.0942. The van der Waals surface area contributed by atoms with E-state index in [-0.39, 0.29) is 11.7 Å². The van der Waals surface area contributed by atoms with Crippen LogP contribution in [0.3, 0.4) is 0 Å². The molecule has 26 heavy (non-hydrogen) atoms. The fraction of sp³-hybridized carbons (Fsp3) is 0.294. The number of anilines is 1. The van der Waals surface area contributed by atoms with Gasteiger partial charge < -0.3 is 9.88 Å². The van der Waals surface area contributed by atoms with Gasteiger partial charge in [-0.05, 0) is 12.5 Å². The lowest BCUT2D eigenvalue weighted by Gasteiger charge is -2.05. The molecule has 0 aliphatic rings. The molecule has 0 radical (unpaired) electrons. The lowest BCUT2D eigenvalue weighted by Crippen LogP contribution is -2.14. The van der Waals surface area contributed by atoms with Crippen LogP contribution in [-0.4, -0.2) is 31.4 Å². The highest BCUT2D eigenvalue weighted by Gasteiger charge is 2.12. The largest absolute Gasteiger partial charge is 0.308 e. The standard InChI is InChI=1S/C17H19N5OS3/c1-12-3-5-13(6-4-12)9-24-10-14-20-21-17(22(14)2)26-11-15(23)19-16-18-7-8-25-16/h3-8H,9-11H2,1-2H3,(H,18,19,23). The van der Waals surface area contributed by atoms with Crippen molar-refractivity contribution in [1.29, 1.82) is 0 Å². The van der Waals surface area contributed by atoms with E-state index in [0.29, 0.717) is 5.13 Å². The molecule has 1 amide bonds. The molecule has 1 aromatic carbocycles. The van der Waals surface area contributed by atoms with E-state index in [2.05, 4.69) is 51.7 Å². The zero-order valence-electron chi connectivity index (χ0n) is 14.5. The summed E-state index contributed by atoms with van der Waals surface area (Å²) in [5.41, 5.74) is 2.57. The molecule has 0 spiro atoms. The van der Waals surface area contributed by atoms with Gasteiger partial charge in [-0.15, -0.1) is 33.3 Å². The third kappa shape index (κ3) is 5.33. The van der Waals surface area contributed by atoms with Gasteiger partial charge in [0.05, 0.1) is 11.5 Å². The molecule has 0 saturated carbocycles. The third-order valence-electron chi connectivity index (χ3n) is 3.56. The number of nitrogens with zero attached hydrogens (tertiary/aromatic N) is 4. The van der Waals surface area contributed by atoms with Gasteiger partial charge >= 0.3 is 0 Å². The van der Waals surface area contributed by atoms with E-state index in [4.69, 9.17) is 0 Å². The monoisotopic (exact) mass is 405 g/mol. The third-order valence-corrected chi connectivity index (χ3v) is 6.27. The number of benzene rings is 1. The van der Waals surface area contributed by atoms with E-state index in [1.165, 1.54) is 34.2 Å². The van der Waals surface area contributed by atoms with Gasteiger partial charge in [0.1, 0.15) is 5.82 Å². The maximum Gasteiger partial charge on any atom is 0.236 e. The average Bonchev–Trinajstić information content (AvgIpc) is 3.25. The minimum Gasteiger partial charge on any atom is -0.308 e. The fourth-order valence-corrected chi connectivity index (χ4v) is 4.35. The number of hydrogen-bond acceptors (Lipinski definition) is 7. The molecule has 2 heterocycles. The summed E-state index contributed by atoms with van der Waals surface area (Å²) < 4.78 is 1.95. The Labute approximate surface area is 164 Å². The van der Waals surface area contributed by atoms with E-state index in [1.54, 1.807) is 18.0 Å². The van der Waals surface area contributed by atoms with Crippen LogP contribution in [0, 0.1) is 6.92 Å². The Morgan fingerprint density at radius 2 is 2.04 bits per heavy atom. The molecule has 9 heteroatoms. The number of amides is 1. The van der Waals surface area contributed by atoms with Gasteiger partial charge in [-0.2, -0.15) is 0 Å². The molecule has 0 bridgehead atoms. The number of thioether (sulfide) groups is 2. The van der Waals surface area contributed by atoms with Crippen molar-refractivity contribution >= 4 is 45.9 Å². The van der Waals surface area contributed by atoms with E-state index < -0.39 is 0 Å². The van der Waals surface area contributed by atoms with Crippen molar-refractivity contribution in [2.24, 2.45) is 7.05 Å². The Morgan fingerprint density at radius 1 is 1.23 bits per heavy atom. The zero-order valence-corrected chi connectivity index (χ0v) is 17.0. The van der Waals surface area contributed by atoms with Crippen LogP contribution in [0.1, 0.15) is 17.0 Å². The van der Waals surface area contributed by atoms with Crippen LogP contribution in [0.2, 0.25) is 0 Å². The van der Waals surface area contributed by atoms with Crippen LogP contribution >= 0.6 is 34.9 Å². The minimum atomic E-state index is -0.0942. The number of aromatic nitrogens is 4. The van der Waals surface area contributed by atoms with E-state index in [9.17, 15) is 4.79 Å². The zero-order chi connectivity index (χ0) is 18.4. The quantitative estimate of drug-likeness (QED) is 0.576. The number of nitrogens with one attached hydrogen (secondary N) is 1. The van der Waals surface area contributed by atoms with E-state index in [1.807, 2.05) is 17.0 Å². The average molecular weight is 406 g/mol. The first-order valence-corrected chi connectivity index (χ1v) is 11.0. The first-order chi connectivity index (χ1) is 12.6. The predicted octanol–water partition coefficient (Wildman–Crippen LogP) is 3.74. The number of rotatable bonds is 8. The van der Waals surface area contributed by atoms with Crippen molar-refractivity contribution < 1.29 is 4.79 Å². The molecule has 0 aliphatic carbocycles. The Kier molecular flexibility index (Phi) is 6.70. The maximum atomic E-state index is 11.9. The van der Waals surface area contributed by atoms with Gasteiger partial charge in [-0.3, -0.25) is 4.79 Å². The number of aryl methyl sites for hydroxylation is 1. The van der Waals surface area contributed by atoms with Crippen LogP contribution in [0.25, 0.3) is 0 Å². The highest BCUT2D eigenvalue weighted by atomic mass is 32.2. The molecule has 6 nitrogen and oxygen atoms in total. The number of hydrogen-bond donors (Lipinski definition) is 1. The fourth-order valence-electron chi connectivity index (χ4n) is 2.11. The molecule has 3 aromatic rings. The van der Waals surface area contributed by atoms with Crippen molar-refractivity contribution in [2.45, 2.75) is 23.6 Å². The second-order valence-electron chi connectivity index (χ2n) is 5.61. The summed E-state index contributed by atoms with van der Waals surface area (Å²) in [7, 11) is 1.93. The molecular formula is C17H19N5OS3. The van der Waals surface area contributed by atoms with Gasteiger partial charge in [-0.1, -0.05) is 41.6 Å². The smallest absolute Gasteiger partial charge is 0.236 e. The Morgan fingerprint density at radius 3 is 2.77 bits per heavy atom. The van der Waals surface area contributed by atoms with Crippen LogP contribution in [0.15, 0.2) is 41.0 Å². The Bertz CT molecular complexity index is 846. The summed E-state index contributed by atoms with van der Waals surface area (Å²) in [6, 6.07) is 8.57. The molecule has 1 N–H and O–H groups in total. The van der Waals surface area contributed by atoms with Gasteiger partial charge in [0, 0.05) is 24.4 Å². The van der Waals surface area contributed by atoms with Crippen molar-refractivity contribution in [3.63, 3.8) is 0 Å². The van der Waals surface area contributed by atoms with E-state index in [0.717, 1.165) is 22.5 Å². The molecule has 0 unspecified atom stereocenters. The van der Waals surface area contributed by atoms with Crippen molar-refractivity contribution in [3.8, 4) is 0 Å². The molecule has 0 saturated heterocycles. The highest BCUT2D eigenvalue weighted by Crippen LogP contribution is 2.21. The number of carbonyl (C=O) groups is 1. The SMILES string of the molecule is Cc1ccc(CSCc2nnc(SCC(=O)Nc3nccs3)n2C)cc1. The van der Waals surface area contributed by atoms with Crippen molar-refractivity contribution in [3.05, 3.63) is 52.8 Å². The van der Waals surface area contributed by atoms with Gasteiger partial charge in [0.15, 0.2) is 10.3 Å². The molecule has 0 aliphatic heterocycles. The summed E-state index contributed by atoms with van der Waals surface area (Å²) in [6.07, 6.45) is 1.66. The second kappa shape index (κ2) is 9.20. The van der Waals surface area contributed by atoms with Crippen molar-refractivity contribution in [1.82, 2.24) is 19.7 Å². The number of carbonyl (C=O) groups excluding carboxylic acids is 1. The summed E-state index contributed by atoms with van der Waals surface area (Å²) in [6.45, 7) is 2.09. The first-order valence-electron chi connectivity index (χ1n) is 7.95. The predicted molar refractivity (Wildman–Crippen MR) is 109 cm³/mol. The molecule has 2 aromatic heterocycles. The normalized spacial score (nSPS) is 10.8. The molecule has 136 valence electrons. The first kappa shape index (κ1) is 18.9. The van der Waals surface area contributed by atoms with E-state index >= 15 is 0 Å². The lowest BCUT2D eigenvalue weighted by molar-refractivity contribution is -0.113. The maximum absolute atomic E-state index is 11.9. The topological polar surface area (TPSA) is 72.7 Å². The molecular weight excluding hydrogens is 386 g/mol. The van der Waals surface area contributed by atoms with Crippen molar-refractivity contribution in [2.75, 3.05) is 11.1 Å². The molecule has 0 fully saturated rings. The van der Waals surface area contributed by atoms with Crippen LogP contribution in [-0.2, 0) is 23.3 Å². The van der Waals surface area contributed by atoms with Crippen LogP contribution < -0.4 is 5.32 Å². The van der Waals surface area contributed by atoms with Gasteiger partial charge in [0.2, 0.25) is 5.91 Å². The Balaban J connectivity index is 1.46. The summed E-state index contributed by atoms with van der Waals surface area (Å²) in [5.74, 6) is 2.81. The second-order valence-corrected chi connectivity index (χ2v) is 8.43. The highest BCUT2D eigenvalue weighted by molar-refractivity contribution is 7.99. The number of thiazole rings is 1. The summed E-state index contributed by atoms with van der Waals surface area (Å²) in [5, 5.41) is 14.4. The van der Waals surface area contributed by atoms with Gasteiger partial charge in [0.25, 0.3) is 0 Å².